The molecule has 1 heterocycles. The minimum Gasteiger partial charge on any atom is -0.311 e. The van der Waals surface area contributed by atoms with Crippen LogP contribution in [0.15, 0.2) is 60.7 Å². The molecule has 1 aliphatic rings. The van der Waals surface area contributed by atoms with Crippen LogP contribution in [0.25, 0.3) is 0 Å². The molecule has 118 valence electrons. The fraction of sp³-hybridized carbons (Fsp3) is 0.400. The van der Waals surface area contributed by atoms with Crippen LogP contribution in [0.5, 0.6) is 0 Å². The van der Waals surface area contributed by atoms with Gasteiger partial charge in [0.1, 0.15) is 0 Å². The third-order valence-electron chi connectivity index (χ3n) is 4.58. The Morgan fingerprint density at radius 3 is 1.50 bits per heavy atom. The van der Waals surface area contributed by atoms with Crippen molar-refractivity contribution < 1.29 is 0 Å². The maximum absolute atomic E-state index is 3.83. The van der Waals surface area contributed by atoms with E-state index in [1.807, 2.05) is 0 Å². The molecular formula is C20H26ClN. The Kier molecular flexibility index (Phi) is 6.95. The number of rotatable bonds is 6. The van der Waals surface area contributed by atoms with Crippen LogP contribution in [0, 0.1) is 0 Å². The van der Waals surface area contributed by atoms with Crippen molar-refractivity contribution >= 4 is 12.4 Å². The second-order valence-corrected chi connectivity index (χ2v) is 6.19. The van der Waals surface area contributed by atoms with Gasteiger partial charge in [-0.15, -0.1) is 12.4 Å². The van der Waals surface area contributed by atoms with Crippen LogP contribution in [0.3, 0.4) is 0 Å². The first-order valence-electron chi connectivity index (χ1n) is 8.24. The summed E-state index contributed by atoms with van der Waals surface area (Å²) < 4.78 is 0. The van der Waals surface area contributed by atoms with Crippen molar-refractivity contribution in [1.82, 2.24) is 5.32 Å². The van der Waals surface area contributed by atoms with Crippen molar-refractivity contribution in [1.29, 1.82) is 0 Å². The molecule has 0 aliphatic carbocycles. The average Bonchev–Trinajstić information content (AvgIpc) is 3.01. The van der Waals surface area contributed by atoms with Gasteiger partial charge in [0.15, 0.2) is 0 Å². The lowest BCUT2D eigenvalue weighted by Gasteiger charge is -2.14. The van der Waals surface area contributed by atoms with Gasteiger partial charge >= 0.3 is 0 Å². The molecule has 1 fully saturated rings. The standard InChI is InChI=1S/C20H25N.ClH/c1-3-7-17(8-4-1)11-13-19-15-16-20(21-19)14-12-18-9-5-2-6-10-18;/h1-10,19-21H,11-16H2;1H/t19-,20-;/m0./s1. The SMILES string of the molecule is Cl.c1ccc(CC[C@H]2CC[C@H](CCc3ccccc3)N2)cc1. The fourth-order valence-corrected chi connectivity index (χ4v) is 3.33. The molecule has 0 aromatic heterocycles. The van der Waals surface area contributed by atoms with Gasteiger partial charge in [-0.25, -0.2) is 0 Å². The molecule has 0 saturated carbocycles. The first-order valence-corrected chi connectivity index (χ1v) is 8.24. The van der Waals surface area contributed by atoms with Crippen molar-refractivity contribution in [3.05, 3.63) is 71.8 Å². The van der Waals surface area contributed by atoms with E-state index in [0.717, 1.165) is 0 Å². The largest absolute Gasteiger partial charge is 0.311 e. The number of hydrogen-bond donors (Lipinski definition) is 1. The van der Waals surface area contributed by atoms with Crippen LogP contribution in [0.1, 0.15) is 36.8 Å². The van der Waals surface area contributed by atoms with E-state index >= 15 is 0 Å². The van der Waals surface area contributed by atoms with E-state index in [1.165, 1.54) is 49.7 Å². The lowest BCUT2D eigenvalue weighted by Crippen LogP contribution is -2.30. The predicted octanol–water partition coefficient (Wildman–Crippen LogP) is 4.79. The van der Waals surface area contributed by atoms with E-state index in [-0.39, 0.29) is 12.4 Å². The molecule has 0 unspecified atom stereocenters. The summed E-state index contributed by atoms with van der Waals surface area (Å²) in [6.45, 7) is 0. The molecule has 2 aromatic carbocycles. The number of benzene rings is 2. The van der Waals surface area contributed by atoms with Crippen molar-refractivity contribution in [3.63, 3.8) is 0 Å². The Labute approximate surface area is 140 Å². The smallest absolute Gasteiger partial charge is 0.00734 e. The van der Waals surface area contributed by atoms with Crippen LogP contribution in [0.2, 0.25) is 0 Å². The van der Waals surface area contributed by atoms with Crippen molar-refractivity contribution in [2.75, 3.05) is 0 Å². The van der Waals surface area contributed by atoms with Gasteiger partial charge in [-0.05, 0) is 49.7 Å². The first-order chi connectivity index (χ1) is 10.4. The second kappa shape index (κ2) is 8.97. The summed E-state index contributed by atoms with van der Waals surface area (Å²) in [6, 6.07) is 23.1. The zero-order valence-corrected chi connectivity index (χ0v) is 13.9. The summed E-state index contributed by atoms with van der Waals surface area (Å²) in [7, 11) is 0. The highest BCUT2D eigenvalue weighted by atomic mass is 35.5. The summed E-state index contributed by atoms with van der Waals surface area (Å²) in [5.74, 6) is 0. The topological polar surface area (TPSA) is 12.0 Å². The van der Waals surface area contributed by atoms with Crippen molar-refractivity contribution in [2.24, 2.45) is 0 Å². The highest BCUT2D eigenvalue weighted by Crippen LogP contribution is 2.20. The highest BCUT2D eigenvalue weighted by molar-refractivity contribution is 5.85. The van der Waals surface area contributed by atoms with Gasteiger partial charge in [0.25, 0.3) is 0 Å². The third-order valence-corrected chi connectivity index (χ3v) is 4.58. The Morgan fingerprint density at radius 2 is 1.09 bits per heavy atom. The van der Waals surface area contributed by atoms with Gasteiger partial charge in [0.05, 0.1) is 0 Å². The van der Waals surface area contributed by atoms with Crippen LogP contribution in [-0.4, -0.2) is 12.1 Å². The molecule has 2 atom stereocenters. The lowest BCUT2D eigenvalue weighted by molar-refractivity contribution is 0.491. The molecule has 1 aliphatic heterocycles. The molecule has 0 spiro atoms. The fourth-order valence-electron chi connectivity index (χ4n) is 3.33. The van der Waals surface area contributed by atoms with Crippen molar-refractivity contribution in [3.8, 4) is 0 Å². The minimum absolute atomic E-state index is 0. The maximum Gasteiger partial charge on any atom is 0.00734 e. The molecule has 0 radical (unpaired) electrons. The average molecular weight is 316 g/mol. The van der Waals surface area contributed by atoms with E-state index in [4.69, 9.17) is 0 Å². The highest BCUT2D eigenvalue weighted by Gasteiger charge is 2.22. The lowest BCUT2D eigenvalue weighted by atomic mass is 10.0. The van der Waals surface area contributed by atoms with Crippen LogP contribution < -0.4 is 5.32 Å². The number of hydrogen-bond acceptors (Lipinski definition) is 1. The summed E-state index contributed by atoms with van der Waals surface area (Å²) in [5, 5.41) is 3.83. The molecule has 0 amide bonds. The molecule has 1 nitrogen and oxygen atoms in total. The van der Waals surface area contributed by atoms with E-state index < -0.39 is 0 Å². The van der Waals surface area contributed by atoms with E-state index in [9.17, 15) is 0 Å². The Bertz CT molecular complexity index is 476. The van der Waals surface area contributed by atoms with Crippen LogP contribution >= 0.6 is 12.4 Å². The maximum atomic E-state index is 3.83. The zero-order valence-electron chi connectivity index (χ0n) is 13.1. The minimum atomic E-state index is 0. The number of halogens is 1. The molecule has 1 N–H and O–H groups in total. The number of nitrogens with one attached hydrogen (secondary N) is 1. The predicted molar refractivity (Wildman–Crippen MR) is 96.7 cm³/mol. The first kappa shape index (κ1) is 17.1. The Balaban J connectivity index is 0.00000176. The molecule has 2 aromatic rings. The number of aryl methyl sites for hydroxylation is 2. The summed E-state index contributed by atoms with van der Waals surface area (Å²) in [6.07, 6.45) is 7.62. The monoisotopic (exact) mass is 315 g/mol. The third kappa shape index (κ3) is 5.15. The van der Waals surface area contributed by atoms with Gasteiger partial charge in [-0.2, -0.15) is 0 Å². The molecule has 2 heteroatoms. The van der Waals surface area contributed by atoms with Gasteiger partial charge in [-0.3, -0.25) is 0 Å². The Hall–Kier alpha value is -1.31. The van der Waals surface area contributed by atoms with Crippen molar-refractivity contribution in [2.45, 2.75) is 50.6 Å². The quantitative estimate of drug-likeness (QED) is 0.808. The molecule has 0 bridgehead atoms. The molecule has 3 rings (SSSR count). The van der Waals surface area contributed by atoms with Gasteiger partial charge < -0.3 is 5.32 Å². The van der Waals surface area contributed by atoms with Gasteiger partial charge in [-0.1, -0.05) is 60.7 Å². The van der Waals surface area contributed by atoms with E-state index in [0.29, 0.717) is 12.1 Å². The van der Waals surface area contributed by atoms with Gasteiger partial charge in [0, 0.05) is 12.1 Å². The van der Waals surface area contributed by atoms with Gasteiger partial charge in [0.2, 0.25) is 0 Å². The molecular weight excluding hydrogens is 290 g/mol. The summed E-state index contributed by atoms with van der Waals surface area (Å²) >= 11 is 0. The summed E-state index contributed by atoms with van der Waals surface area (Å²) in [5.41, 5.74) is 2.93. The van der Waals surface area contributed by atoms with Crippen LogP contribution in [-0.2, 0) is 12.8 Å². The second-order valence-electron chi connectivity index (χ2n) is 6.19. The molecule has 22 heavy (non-hydrogen) atoms. The Morgan fingerprint density at radius 1 is 0.682 bits per heavy atom. The normalized spacial score (nSPS) is 20.5. The van der Waals surface area contributed by atoms with Crippen LogP contribution in [0.4, 0.5) is 0 Å². The van der Waals surface area contributed by atoms with E-state index in [2.05, 4.69) is 66.0 Å². The van der Waals surface area contributed by atoms with E-state index in [1.54, 1.807) is 0 Å². The summed E-state index contributed by atoms with van der Waals surface area (Å²) in [4.78, 5) is 0. The zero-order chi connectivity index (χ0) is 14.3. The molecule has 1 saturated heterocycles.